The molecule has 0 aliphatic carbocycles. The lowest BCUT2D eigenvalue weighted by Crippen LogP contribution is -2.15. The number of halogens is 1. The van der Waals surface area contributed by atoms with Crippen LogP contribution in [-0.2, 0) is 21.2 Å². The molecule has 8 nitrogen and oxygen atoms in total. The van der Waals surface area contributed by atoms with Crippen LogP contribution in [0.3, 0.4) is 0 Å². The Kier molecular flexibility index (Phi) is 6.85. The van der Waals surface area contributed by atoms with Gasteiger partial charge in [-0.2, -0.15) is 5.10 Å². The minimum atomic E-state index is -3.97. The van der Waals surface area contributed by atoms with Crippen molar-refractivity contribution in [1.29, 1.82) is 0 Å². The Balaban J connectivity index is 1.41. The molecule has 3 aromatic carbocycles. The van der Waals surface area contributed by atoms with Crippen molar-refractivity contribution in [1.82, 2.24) is 9.78 Å². The quantitative estimate of drug-likeness (QED) is 0.308. The van der Waals surface area contributed by atoms with Crippen molar-refractivity contribution in [3.05, 3.63) is 95.8 Å². The smallest absolute Gasteiger partial charge is 0.261 e. The highest BCUT2D eigenvalue weighted by molar-refractivity contribution is 7.92. The average molecular weight is 497 g/mol. The van der Waals surface area contributed by atoms with Crippen LogP contribution in [0, 0.1) is 0 Å². The number of hydrogen-bond donors (Lipinski definition) is 3. The number of nitrogens with zero attached hydrogens (tertiary/aromatic N) is 2. The van der Waals surface area contributed by atoms with E-state index >= 15 is 0 Å². The van der Waals surface area contributed by atoms with Crippen molar-refractivity contribution < 1.29 is 18.3 Å². The minimum Gasteiger partial charge on any atom is -0.506 e. The Hall–Kier alpha value is -3.82. The van der Waals surface area contributed by atoms with E-state index in [1.807, 2.05) is 36.5 Å². The largest absolute Gasteiger partial charge is 0.506 e. The average Bonchev–Trinajstić information content (AvgIpc) is 3.28. The SMILES string of the molecule is O=C(CCc1cnn(-c2ccccc2)c1)Nc1cc(S(=O)(=O)Nc2cccc(Cl)c2)ccc1O. The first-order valence-corrected chi connectivity index (χ1v) is 12.2. The van der Waals surface area contributed by atoms with Crippen LogP contribution in [0.15, 0.2) is 90.1 Å². The summed E-state index contributed by atoms with van der Waals surface area (Å²) >= 11 is 5.91. The predicted molar refractivity (Wildman–Crippen MR) is 131 cm³/mol. The molecule has 0 fully saturated rings. The van der Waals surface area contributed by atoms with Gasteiger partial charge in [-0.15, -0.1) is 0 Å². The Morgan fingerprint density at radius 1 is 1.03 bits per heavy atom. The summed E-state index contributed by atoms with van der Waals surface area (Å²) in [6.07, 6.45) is 4.08. The second kappa shape index (κ2) is 9.98. The maximum absolute atomic E-state index is 12.7. The van der Waals surface area contributed by atoms with E-state index < -0.39 is 10.0 Å². The molecule has 0 unspecified atom stereocenters. The van der Waals surface area contributed by atoms with Crippen LogP contribution in [0.1, 0.15) is 12.0 Å². The zero-order valence-electron chi connectivity index (χ0n) is 17.8. The van der Waals surface area contributed by atoms with Gasteiger partial charge in [0.25, 0.3) is 10.0 Å². The number of aryl methyl sites for hydroxylation is 1. The van der Waals surface area contributed by atoms with Gasteiger partial charge in [0.1, 0.15) is 5.75 Å². The highest BCUT2D eigenvalue weighted by Gasteiger charge is 2.18. The molecule has 0 radical (unpaired) electrons. The Labute approximate surface area is 201 Å². The number of nitrogens with one attached hydrogen (secondary N) is 2. The monoisotopic (exact) mass is 496 g/mol. The first-order valence-electron chi connectivity index (χ1n) is 10.3. The standard InChI is InChI=1S/C24H21ClN4O4S/c25-18-5-4-6-19(13-18)28-34(32,33)21-10-11-23(30)22(14-21)27-24(31)12-9-17-15-26-29(16-17)20-7-2-1-3-8-20/h1-8,10-11,13-16,28,30H,9,12H2,(H,27,31). The molecule has 1 heterocycles. The van der Waals surface area contributed by atoms with Gasteiger partial charge in [0, 0.05) is 17.6 Å². The summed E-state index contributed by atoms with van der Waals surface area (Å²) in [7, 11) is -3.97. The molecular weight excluding hydrogens is 476 g/mol. The molecule has 1 amide bonds. The predicted octanol–water partition coefficient (Wildman–Crippen LogP) is 4.60. The van der Waals surface area contributed by atoms with E-state index in [4.69, 9.17) is 11.6 Å². The van der Waals surface area contributed by atoms with Crippen LogP contribution in [0.5, 0.6) is 5.75 Å². The number of amides is 1. The number of rotatable bonds is 8. The van der Waals surface area contributed by atoms with Crippen LogP contribution in [-0.4, -0.2) is 29.2 Å². The van der Waals surface area contributed by atoms with Gasteiger partial charge in [-0.25, -0.2) is 13.1 Å². The van der Waals surface area contributed by atoms with Crippen LogP contribution in [0.2, 0.25) is 5.02 Å². The third-order valence-electron chi connectivity index (χ3n) is 4.93. The van der Waals surface area contributed by atoms with Gasteiger partial charge in [-0.05, 0) is 60.5 Å². The number of para-hydroxylation sites is 1. The lowest BCUT2D eigenvalue weighted by Gasteiger charge is -2.12. The topological polar surface area (TPSA) is 113 Å². The third kappa shape index (κ3) is 5.75. The van der Waals surface area contributed by atoms with Crippen molar-refractivity contribution in [2.75, 3.05) is 10.0 Å². The zero-order valence-corrected chi connectivity index (χ0v) is 19.4. The van der Waals surface area contributed by atoms with Crippen LogP contribution >= 0.6 is 11.6 Å². The number of hydrogen-bond acceptors (Lipinski definition) is 5. The zero-order chi connectivity index (χ0) is 24.1. The molecule has 0 atom stereocenters. The van der Waals surface area contributed by atoms with E-state index in [0.717, 1.165) is 11.3 Å². The summed E-state index contributed by atoms with van der Waals surface area (Å²) < 4.78 is 29.6. The number of aromatic hydroxyl groups is 1. The molecule has 0 saturated carbocycles. The summed E-state index contributed by atoms with van der Waals surface area (Å²) in [5.41, 5.74) is 2.07. The fourth-order valence-corrected chi connectivity index (χ4v) is 4.50. The van der Waals surface area contributed by atoms with Crippen molar-refractivity contribution in [2.45, 2.75) is 17.7 Å². The number of phenols is 1. The van der Waals surface area contributed by atoms with Crippen molar-refractivity contribution in [3.63, 3.8) is 0 Å². The molecule has 10 heteroatoms. The fourth-order valence-electron chi connectivity index (χ4n) is 3.23. The second-order valence-corrected chi connectivity index (χ2v) is 9.59. The maximum Gasteiger partial charge on any atom is 0.261 e. The second-order valence-electron chi connectivity index (χ2n) is 7.47. The van der Waals surface area contributed by atoms with Crippen LogP contribution < -0.4 is 10.0 Å². The molecule has 0 aliphatic heterocycles. The minimum absolute atomic E-state index is 0.000972. The molecule has 0 aliphatic rings. The highest BCUT2D eigenvalue weighted by Crippen LogP contribution is 2.28. The van der Waals surface area contributed by atoms with E-state index in [2.05, 4.69) is 15.1 Å². The lowest BCUT2D eigenvalue weighted by molar-refractivity contribution is -0.116. The fraction of sp³-hybridized carbons (Fsp3) is 0.0833. The van der Waals surface area contributed by atoms with Crippen LogP contribution in [0.4, 0.5) is 11.4 Å². The molecule has 3 N–H and O–H groups in total. The summed E-state index contributed by atoms with van der Waals surface area (Å²) in [4.78, 5) is 12.4. The van der Waals surface area contributed by atoms with Crippen LogP contribution in [0.25, 0.3) is 5.69 Å². The van der Waals surface area contributed by atoms with Gasteiger partial charge in [0.2, 0.25) is 5.91 Å². The summed E-state index contributed by atoms with van der Waals surface area (Å²) in [6, 6.07) is 19.5. The number of carbonyl (C=O) groups excluding carboxylic acids is 1. The molecule has 0 saturated heterocycles. The summed E-state index contributed by atoms with van der Waals surface area (Å²) in [6.45, 7) is 0. The van der Waals surface area contributed by atoms with Crippen molar-refractivity contribution >= 4 is 38.9 Å². The first-order chi connectivity index (χ1) is 16.3. The Bertz CT molecular complexity index is 1420. The first kappa shape index (κ1) is 23.3. The van der Waals surface area contributed by atoms with Gasteiger partial charge in [0.05, 0.1) is 28.2 Å². The number of anilines is 2. The van der Waals surface area contributed by atoms with Gasteiger partial charge in [0.15, 0.2) is 0 Å². The van der Waals surface area contributed by atoms with Gasteiger partial charge < -0.3 is 10.4 Å². The van der Waals surface area contributed by atoms with Gasteiger partial charge in [-0.3, -0.25) is 9.52 Å². The van der Waals surface area contributed by atoms with Gasteiger partial charge in [-0.1, -0.05) is 35.9 Å². The number of carbonyl (C=O) groups is 1. The normalized spacial score (nSPS) is 11.2. The molecule has 4 aromatic rings. The summed E-state index contributed by atoms with van der Waals surface area (Å²) in [5.74, 6) is -0.618. The molecule has 34 heavy (non-hydrogen) atoms. The van der Waals surface area contributed by atoms with E-state index in [1.54, 1.807) is 29.1 Å². The van der Waals surface area contributed by atoms with Crippen molar-refractivity contribution in [3.8, 4) is 11.4 Å². The summed E-state index contributed by atoms with van der Waals surface area (Å²) in [5, 5.41) is 17.4. The van der Waals surface area contributed by atoms with E-state index in [-0.39, 0.29) is 28.7 Å². The van der Waals surface area contributed by atoms with E-state index in [1.165, 1.54) is 24.3 Å². The molecular formula is C24H21ClN4O4S. The number of phenolic OH excluding ortho intramolecular Hbond substituents is 1. The molecule has 174 valence electrons. The Morgan fingerprint density at radius 2 is 1.82 bits per heavy atom. The highest BCUT2D eigenvalue weighted by atomic mass is 35.5. The maximum atomic E-state index is 12.7. The molecule has 0 spiro atoms. The number of aromatic nitrogens is 2. The third-order valence-corrected chi connectivity index (χ3v) is 6.54. The number of sulfonamides is 1. The van der Waals surface area contributed by atoms with Crippen molar-refractivity contribution in [2.24, 2.45) is 0 Å². The van der Waals surface area contributed by atoms with Gasteiger partial charge >= 0.3 is 0 Å². The van der Waals surface area contributed by atoms with E-state index in [9.17, 15) is 18.3 Å². The Morgan fingerprint density at radius 3 is 2.59 bits per heavy atom. The lowest BCUT2D eigenvalue weighted by atomic mass is 10.2. The van der Waals surface area contributed by atoms with E-state index in [0.29, 0.717) is 17.1 Å². The molecule has 0 bridgehead atoms. The number of benzene rings is 3. The molecule has 4 rings (SSSR count). The molecule has 1 aromatic heterocycles.